The number of aliphatic hydroxyl groups is 1. The molecule has 0 radical (unpaired) electrons. The van der Waals surface area contributed by atoms with Gasteiger partial charge in [-0.1, -0.05) is 58.9 Å². The Morgan fingerprint density at radius 3 is 2.23 bits per heavy atom. The Labute approximate surface area is 139 Å². The Kier molecular flexibility index (Phi) is 14.4. The van der Waals surface area contributed by atoms with Crippen LogP contribution in [0.1, 0.15) is 67.7 Å². The minimum Gasteiger partial charge on any atom is -0.390 e. The van der Waals surface area contributed by atoms with Crippen molar-refractivity contribution in [2.24, 2.45) is 5.92 Å². The number of rotatable bonds is 5. The Morgan fingerprint density at radius 2 is 1.82 bits per heavy atom. The standard InChI is InChI=1S/C11H17N.C7H16O.C2H6/c1-3-10-12(2)11-8-6-4-5-7-9-11;1-6(2)5-7(3,4)8;1-2/h4-6,8-9H,3,7,10H2,1-2H3;6,8H,5H2,1-4H3;1-2H3. The van der Waals surface area contributed by atoms with Gasteiger partial charge in [-0.15, -0.1) is 0 Å². The van der Waals surface area contributed by atoms with Crippen LogP contribution in [0.3, 0.4) is 0 Å². The highest BCUT2D eigenvalue weighted by Gasteiger charge is 2.13. The van der Waals surface area contributed by atoms with Crippen LogP contribution < -0.4 is 0 Å². The summed E-state index contributed by atoms with van der Waals surface area (Å²) >= 11 is 0. The normalized spacial score (nSPS) is 13.5. The molecule has 1 aliphatic rings. The lowest BCUT2D eigenvalue weighted by atomic mass is 9.97. The van der Waals surface area contributed by atoms with Gasteiger partial charge in [0.15, 0.2) is 0 Å². The molecule has 0 aliphatic heterocycles. The van der Waals surface area contributed by atoms with E-state index in [1.54, 1.807) is 0 Å². The van der Waals surface area contributed by atoms with Gasteiger partial charge in [-0.2, -0.15) is 0 Å². The third kappa shape index (κ3) is 15.4. The summed E-state index contributed by atoms with van der Waals surface area (Å²) < 4.78 is 0. The Bertz CT molecular complexity index is 332. The van der Waals surface area contributed by atoms with E-state index in [-0.39, 0.29) is 0 Å². The van der Waals surface area contributed by atoms with Crippen molar-refractivity contribution < 1.29 is 5.11 Å². The van der Waals surface area contributed by atoms with Gasteiger partial charge < -0.3 is 10.0 Å². The molecule has 1 aliphatic carbocycles. The van der Waals surface area contributed by atoms with Crippen molar-refractivity contribution in [1.82, 2.24) is 4.90 Å². The van der Waals surface area contributed by atoms with Crippen molar-refractivity contribution in [3.05, 3.63) is 36.1 Å². The molecule has 22 heavy (non-hydrogen) atoms. The quantitative estimate of drug-likeness (QED) is 0.719. The third-order valence-electron chi connectivity index (χ3n) is 2.88. The van der Waals surface area contributed by atoms with Crippen LogP contribution >= 0.6 is 0 Å². The molecule has 0 aromatic rings. The number of hydrogen-bond donors (Lipinski definition) is 1. The van der Waals surface area contributed by atoms with Gasteiger partial charge in [0.1, 0.15) is 0 Å². The zero-order chi connectivity index (χ0) is 17.6. The van der Waals surface area contributed by atoms with Gasteiger partial charge in [0.2, 0.25) is 0 Å². The molecule has 0 atom stereocenters. The number of likely N-dealkylation sites (N-methyl/N-ethyl adjacent to an activating group) is 1. The second-order valence-corrected chi connectivity index (χ2v) is 6.48. The van der Waals surface area contributed by atoms with Crippen LogP contribution in [0, 0.1) is 5.92 Å². The van der Waals surface area contributed by atoms with Gasteiger partial charge in [-0.3, -0.25) is 0 Å². The molecule has 130 valence electrons. The van der Waals surface area contributed by atoms with Crippen LogP contribution in [0.4, 0.5) is 0 Å². The first-order valence-corrected chi connectivity index (χ1v) is 8.73. The first-order valence-electron chi connectivity index (χ1n) is 8.73. The summed E-state index contributed by atoms with van der Waals surface area (Å²) in [5.74, 6) is 0.593. The molecule has 0 fully saturated rings. The van der Waals surface area contributed by atoms with Crippen LogP contribution in [-0.2, 0) is 0 Å². The molecular weight excluding hydrogens is 270 g/mol. The summed E-state index contributed by atoms with van der Waals surface area (Å²) in [6.07, 6.45) is 13.9. The second-order valence-electron chi connectivity index (χ2n) is 6.48. The topological polar surface area (TPSA) is 23.5 Å². The van der Waals surface area contributed by atoms with Gasteiger partial charge in [-0.05, 0) is 45.1 Å². The minimum absolute atomic E-state index is 0.478. The Balaban J connectivity index is 0. The van der Waals surface area contributed by atoms with Gasteiger partial charge in [0, 0.05) is 19.3 Å². The maximum atomic E-state index is 9.19. The third-order valence-corrected chi connectivity index (χ3v) is 2.88. The Hall–Kier alpha value is -1.02. The zero-order valence-electron chi connectivity index (χ0n) is 16.2. The highest BCUT2D eigenvalue weighted by atomic mass is 16.3. The van der Waals surface area contributed by atoms with Gasteiger partial charge >= 0.3 is 0 Å². The molecule has 0 bridgehead atoms. The van der Waals surface area contributed by atoms with Crippen molar-refractivity contribution in [3.63, 3.8) is 0 Å². The lowest BCUT2D eigenvalue weighted by Gasteiger charge is -2.18. The van der Waals surface area contributed by atoms with Crippen LogP contribution in [-0.4, -0.2) is 29.2 Å². The maximum absolute atomic E-state index is 9.19. The predicted molar refractivity (Wildman–Crippen MR) is 101 cm³/mol. The van der Waals surface area contributed by atoms with Crippen LogP contribution in [0.25, 0.3) is 0 Å². The first-order chi connectivity index (χ1) is 10.3. The van der Waals surface area contributed by atoms with Gasteiger partial charge in [-0.25, -0.2) is 0 Å². The summed E-state index contributed by atoms with van der Waals surface area (Å²) in [5.41, 5.74) is 0.857. The summed E-state index contributed by atoms with van der Waals surface area (Å²) in [5, 5.41) is 9.19. The lowest BCUT2D eigenvalue weighted by Crippen LogP contribution is -2.20. The average molecular weight is 310 g/mol. The largest absolute Gasteiger partial charge is 0.390 e. The number of allylic oxidation sites excluding steroid dienone is 5. The molecule has 0 saturated carbocycles. The summed E-state index contributed by atoms with van der Waals surface area (Å²) in [6.45, 7) is 15.2. The van der Waals surface area contributed by atoms with E-state index in [0.29, 0.717) is 5.92 Å². The van der Waals surface area contributed by atoms with Gasteiger partial charge in [0.05, 0.1) is 5.60 Å². The van der Waals surface area contributed by atoms with E-state index in [9.17, 15) is 5.11 Å². The molecule has 0 aromatic carbocycles. The molecule has 1 rings (SSSR count). The van der Waals surface area contributed by atoms with Crippen molar-refractivity contribution in [2.75, 3.05) is 13.6 Å². The van der Waals surface area contributed by atoms with Crippen molar-refractivity contribution in [1.29, 1.82) is 0 Å². The van der Waals surface area contributed by atoms with Crippen LogP contribution in [0.2, 0.25) is 0 Å². The Morgan fingerprint density at radius 1 is 1.23 bits per heavy atom. The SMILES string of the molecule is CC.CC(C)CC(C)(C)O.CCCN(C)C1=CCC=CC=C1. The molecule has 0 heterocycles. The fourth-order valence-electron chi connectivity index (χ4n) is 2.31. The van der Waals surface area contributed by atoms with E-state index in [1.165, 1.54) is 12.1 Å². The highest BCUT2D eigenvalue weighted by molar-refractivity contribution is 5.25. The van der Waals surface area contributed by atoms with Crippen molar-refractivity contribution >= 4 is 0 Å². The van der Waals surface area contributed by atoms with Crippen LogP contribution in [0.15, 0.2) is 36.1 Å². The zero-order valence-corrected chi connectivity index (χ0v) is 16.2. The molecule has 0 aromatic heterocycles. The van der Waals surface area contributed by atoms with Crippen molar-refractivity contribution in [3.8, 4) is 0 Å². The summed E-state index contributed by atoms with van der Waals surface area (Å²) in [4.78, 5) is 2.30. The number of hydrogen-bond acceptors (Lipinski definition) is 2. The monoisotopic (exact) mass is 309 g/mol. The smallest absolute Gasteiger partial charge is 0.0594 e. The molecule has 0 amide bonds. The summed E-state index contributed by atoms with van der Waals surface area (Å²) in [7, 11) is 2.14. The van der Waals surface area contributed by atoms with E-state index < -0.39 is 5.60 Å². The highest BCUT2D eigenvalue weighted by Crippen LogP contribution is 2.13. The van der Waals surface area contributed by atoms with E-state index in [1.807, 2.05) is 27.7 Å². The predicted octanol–water partition coefficient (Wildman–Crippen LogP) is 5.56. The van der Waals surface area contributed by atoms with Crippen LogP contribution in [0.5, 0.6) is 0 Å². The summed E-state index contributed by atoms with van der Waals surface area (Å²) in [6, 6.07) is 0. The lowest BCUT2D eigenvalue weighted by molar-refractivity contribution is 0.0579. The van der Waals surface area contributed by atoms with E-state index in [2.05, 4.69) is 63.1 Å². The molecule has 0 saturated heterocycles. The fraction of sp³-hybridized carbons (Fsp3) is 0.700. The van der Waals surface area contributed by atoms with E-state index in [0.717, 1.165) is 19.4 Å². The maximum Gasteiger partial charge on any atom is 0.0594 e. The average Bonchev–Trinajstić information content (AvgIpc) is 2.68. The molecule has 2 nitrogen and oxygen atoms in total. The molecule has 0 spiro atoms. The molecule has 2 heteroatoms. The van der Waals surface area contributed by atoms with E-state index >= 15 is 0 Å². The first kappa shape index (κ1) is 23.2. The molecular formula is C20H39NO. The second kappa shape index (κ2) is 13.6. The fourth-order valence-corrected chi connectivity index (χ4v) is 2.31. The number of nitrogens with zero attached hydrogens (tertiary/aromatic N) is 1. The molecule has 1 N–H and O–H groups in total. The van der Waals surface area contributed by atoms with Gasteiger partial charge in [0.25, 0.3) is 0 Å². The minimum atomic E-state index is -0.478. The van der Waals surface area contributed by atoms with Crippen molar-refractivity contribution in [2.45, 2.75) is 73.3 Å². The molecule has 0 unspecified atom stereocenters. The van der Waals surface area contributed by atoms with E-state index in [4.69, 9.17) is 0 Å².